The maximum Gasteiger partial charge on any atom is 0.417 e. The molecular formula is C24H21F3N6O. The van der Waals surface area contributed by atoms with E-state index in [9.17, 15) is 18.0 Å². The van der Waals surface area contributed by atoms with E-state index in [0.29, 0.717) is 5.56 Å². The zero-order chi connectivity index (χ0) is 23.9. The average Bonchev–Trinajstić information content (AvgIpc) is 3.46. The molecule has 7 nitrogen and oxygen atoms in total. The fraction of sp³-hybridized carbons (Fsp3) is 0.250. The number of alkyl halides is 3. The molecule has 5 rings (SSSR count). The van der Waals surface area contributed by atoms with Gasteiger partial charge in [-0.15, -0.1) is 0 Å². The van der Waals surface area contributed by atoms with E-state index in [4.69, 9.17) is 0 Å². The van der Waals surface area contributed by atoms with E-state index in [2.05, 4.69) is 25.2 Å². The van der Waals surface area contributed by atoms with Crippen molar-refractivity contribution in [2.24, 2.45) is 0 Å². The predicted molar refractivity (Wildman–Crippen MR) is 121 cm³/mol. The first-order chi connectivity index (χ1) is 16.3. The summed E-state index contributed by atoms with van der Waals surface area (Å²) in [5.74, 6) is 0.713. The molecule has 1 aliphatic rings. The molecule has 174 valence electrons. The molecule has 1 amide bonds. The van der Waals surface area contributed by atoms with Gasteiger partial charge in [0.15, 0.2) is 5.65 Å². The molecule has 1 atom stereocenters. The lowest BCUT2D eigenvalue weighted by Gasteiger charge is -2.19. The quantitative estimate of drug-likeness (QED) is 0.472. The van der Waals surface area contributed by atoms with Gasteiger partial charge in [-0.25, -0.2) is 4.98 Å². The van der Waals surface area contributed by atoms with Gasteiger partial charge in [-0.05, 0) is 42.7 Å². The van der Waals surface area contributed by atoms with Crippen molar-refractivity contribution in [3.63, 3.8) is 0 Å². The summed E-state index contributed by atoms with van der Waals surface area (Å²) in [7, 11) is 0. The number of hydrogen-bond acceptors (Lipinski definition) is 5. The molecule has 0 saturated carbocycles. The number of nitrogens with one attached hydrogen (secondary N) is 1. The lowest BCUT2D eigenvalue weighted by Crippen LogP contribution is -2.21. The summed E-state index contributed by atoms with van der Waals surface area (Å²) in [6.07, 6.45) is 5.44. The monoisotopic (exact) mass is 466 g/mol. The van der Waals surface area contributed by atoms with Crippen LogP contribution < -0.4 is 10.2 Å². The van der Waals surface area contributed by atoms with Gasteiger partial charge in [0, 0.05) is 43.2 Å². The Morgan fingerprint density at radius 1 is 1.12 bits per heavy atom. The molecule has 1 fully saturated rings. The number of carbonyl (C=O) groups is 1. The molecule has 0 radical (unpaired) electrons. The van der Waals surface area contributed by atoms with E-state index < -0.39 is 17.6 Å². The van der Waals surface area contributed by atoms with Crippen LogP contribution in [0.5, 0.6) is 0 Å². The summed E-state index contributed by atoms with van der Waals surface area (Å²) in [4.78, 5) is 27.2. The zero-order valence-electron chi connectivity index (χ0n) is 18.3. The Bertz CT molecular complexity index is 1370. The molecule has 0 bridgehead atoms. The highest BCUT2D eigenvalue weighted by molar-refractivity contribution is 6.04. The Balaban J connectivity index is 1.35. The van der Waals surface area contributed by atoms with E-state index in [1.165, 1.54) is 6.20 Å². The number of amides is 1. The largest absolute Gasteiger partial charge is 0.417 e. The molecule has 10 heteroatoms. The number of rotatable bonds is 4. The third-order valence-electron chi connectivity index (χ3n) is 6.11. The molecular weight excluding hydrogens is 445 g/mol. The van der Waals surface area contributed by atoms with Crippen LogP contribution in [-0.2, 0) is 6.18 Å². The first kappa shape index (κ1) is 21.9. The number of carbonyl (C=O) groups excluding carboxylic acids is 1. The highest BCUT2D eigenvalue weighted by Crippen LogP contribution is 2.34. The van der Waals surface area contributed by atoms with Gasteiger partial charge in [0.2, 0.25) is 0 Å². The van der Waals surface area contributed by atoms with Gasteiger partial charge in [0.05, 0.1) is 29.8 Å². The van der Waals surface area contributed by atoms with Crippen LogP contribution in [0.25, 0.3) is 5.65 Å². The minimum Gasteiger partial charge on any atom is -0.356 e. The van der Waals surface area contributed by atoms with Gasteiger partial charge in [0.1, 0.15) is 5.82 Å². The average molecular weight is 466 g/mol. The van der Waals surface area contributed by atoms with Crippen molar-refractivity contribution in [3.8, 4) is 0 Å². The third-order valence-corrected chi connectivity index (χ3v) is 6.11. The van der Waals surface area contributed by atoms with Gasteiger partial charge in [-0.1, -0.05) is 6.07 Å². The number of aryl methyl sites for hydroxylation is 1. The summed E-state index contributed by atoms with van der Waals surface area (Å²) in [6.45, 7) is 3.60. The van der Waals surface area contributed by atoms with Crippen molar-refractivity contribution >= 4 is 23.1 Å². The Morgan fingerprint density at radius 3 is 2.79 bits per heavy atom. The second-order valence-electron chi connectivity index (χ2n) is 8.34. The second-order valence-corrected chi connectivity index (χ2v) is 8.34. The highest BCUT2D eigenvalue weighted by Gasteiger charge is 2.31. The third kappa shape index (κ3) is 4.18. The summed E-state index contributed by atoms with van der Waals surface area (Å²) >= 11 is 0. The van der Waals surface area contributed by atoms with Gasteiger partial charge in [-0.2, -0.15) is 13.2 Å². The fourth-order valence-electron chi connectivity index (χ4n) is 4.37. The number of benzene rings is 1. The number of fused-ring (bicyclic) bond motifs is 1. The molecule has 1 N–H and O–H groups in total. The Labute approximate surface area is 193 Å². The first-order valence-corrected chi connectivity index (χ1v) is 10.8. The van der Waals surface area contributed by atoms with E-state index in [1.807, 2.05) is 35.9 Å². The van der Waals surface area contributed by atoms with Crippen molar-refractivity contribution in [1.82, 2.24) is 19.4 Å². The topological polar surface area (TPSA) is 75.4 Å². The SMILES string of the molecule is Cc1ccc(C(=O)Nc2cncc(C(F)(F)F)c2)cc1[C@@H]1CCN(c2cnc3cnccn23)C1. The van der Waals surface area contributed by atoms with Crippen molar-refractivity contribution in [3.05, 3.63) is 83.7 Å². The number of pyridine rings is 1. The van der Waals surface area contributed by atoms with Gasteiger partial charge in [-0.3, -0.25) is 19.2 Å². The molecule has 0 aliphatic carbocycles. The number of hydrogen-bond donors (Lipinski definition) is 1. The number of halogens is 3. The number of aromatic nitrogens is 4. The molecule has 0 unspecified atom stereocenters. The van der Waals surface area contributed by atoms with Crippen LogP contribution in [0.4, 0.5) is 24.7 Å². The minimum absolute atomic E-state index is 0.00362. The molecule has 4 aromatic rings. The Kier molecular flexibility index (Phi) is 5.43. The molecule has 1 aromatic carbocycles. The van der Waals surface area contributed by atoms with E-state index in [0.717, 1.165) is 54.4 Å². The maximum absolute atomic E-state index is 13.0. The van der Waals surface area contributed by atoms with E-state index in [-0.39, 0.29) is 11.6 Å². The van der Waals surface area contributed by atoms with Crippen molar-refractivity contribution in [1.29, 1.82) is 0 Å². The van der Waals surface area contributed by atoms with Gasteiger partial charge < -0.3 is 10.2 Å². The molecule has 1 saturated heterocycles. The first-order valence-electron chi connectivity index (χ1n) is 10.8. The van der Waals surface area contributed by atoms with Gasteiger partial charge in [0.25, 0.3) is 5.91 Å². The van der Waals surface area contributed by atoms with Crippen LogP contribution in [0.15, 0.2) is 61.4 Å². The lowest BCUT2D eigenvalue weighted by molar-refractivity contribution is -0.137. The number of imidazole rings is 1. The number of anilines is 2. The standard InChI is InChI=1S/C24H21F3N6O/c1-15-2-3-16(23(34)31-19-9-18(10-29-11-19)24(25,26)27)8-20(15)17-4-6-32(14-17)22-13-30-21-12-28-5-7-33(21)22/h2-3,5,7-13,17H,4,6,14H2,1H3,(H,31,34)/t17-/m1/s1. The van der Waals surface area contributed by atoms with E-state index >= 15 is 0 Å². The summed E-state index contributed by atoms with van der Waals surface area (Å²) in [5, 5.41) is 2.53. The van der Waals surface area contributed by atoms with Gasteiger partial charge >= 0.3 is 6.18 Å². The van der Waals surface area contributed by atoms with Crippen molar-refractivity contribution in [2.45, 2.75) is 25.4 Å². The van der Waals surface area contributed by atoms with Crippen LogP contribution in [0.3, 0.4) is 0 Å². The molecule has 4 heterocycles. The van der Waals surface area contributed by atoms with Crippen LogP contribution in [0, 0.1) is 6.92 Å². The predicted octanol–water partition coefficient (Wildman–Crippen LogP) is 4.70. The number of nitrogens with zero attached hydrogens (tertiary/aromatic N) is 5. The lowest BCUT2D eigenvalue weighted by atomic mass is 9.92. The molecule has 34 heavy (non-hydrogen) atoms. The summed E-state index contributed by atoms with van der Waals surface area (Å²) in [6, 6.07) is 6.26. The van der Waals surface area contributed by atoms with Crippen LogP contribution in [-0.4, -0.2) is 38.3 Å². The summed E-state index contributed by atoms with van der Waals surface area (Å²) in [5.41, 5.74) is 2.36. The normalized spacial score (nSPS) is 16.2. The van der Waals surface area contributed by atoms with Crippen LogP contribution in [0.2, 0.25) is 0 Å². The van der Waals surface area contributed by atoms with Crippen molar-refractivity contribution < 1.29 is 18.0 Å². The summed E-state index contributed by atoms with van der Waals surface area (Å²) < 4.78 is 40.9. The minimum atomic E-state index is -4.53. The zero-order valence-corrected chi connectivity index (χ0v) is 18.3. The van der Waals surface area contributed by atoms with E-state index in [1.54, 1.807) is 18.5 Å². The molecule has 1 aliphatic heterocycles. The van der Waals surface area contributed by atoms with Crippen molar-refractivity contribution in [2.75, 3.05) is 23.3 Å². The van der Waals surface area contributed by atoms with Crippen LogP contribution >= 0.6 is 0 Å². The Hall–Kier alpha value is -3.95. The fourth-order valence-corrected chi connectivity index (χ4v) is 4.37. The maximum atomic E-state index is 13.0. The second kappa shape index (κ2) is 8.44. The molecule has 0 spiro atoms. The smallest absolute Gasteiger partial charge is 0.356 e. The molecule has 3 aromatic heterocycles. The van der Waals surface area contributed by atoms with Crippen LogP contribution in [0.1, 0.15) is 39.4 Å². The highest BCUT2D eigenvalue weighted by atomic mass is 19.4. The Morgan fingerprint density at radius 2 is 1.97 bits per heavy atom.